The Bertz CT molecular complexity index is 1010. The lowest BCUT2D eigenvalue weighted by molar-refractivity contribution is 0.102. The standard InChI is InChI=1S/C26H32N4OS/c1-26(2,3)22-7-5-21(6-8-22)25(31)28-23-9-10-24(27-17-23)30-13-4-12-29(14-15-30)18-20-11-16-32-19-20/h5-11,16-17,19H,4,12-15,18H2,1-3H3,(H,28,31). The summed E-state index contributed by atoms with van der Waals surface area (Å²) in [7, 11) is 0. The van der Waals surface area contributed by atoms with Gasteiger partial charge < -0.3 is 10.2 Å². The Balaban J connectivity index is 1.33. The molecular formula is C26H32N4OS. The first-order valence-corrected chi connectivity index (χ1v) is 12.2. The number of hydrogen-bond acceptors (Lipinski definition) is 5. The molecule has 0 aliphatic carbocycles. The number of nitrogens with one attached hydrogen (secondary N) is 1. The fourth-order valence-corrected chi connectivity index (χ4v) is 4.63. The Morgan fingerprint density at radius 2 is 1.84 bits per heavy atom. The number of benzene rings is 1. The first-order chi connectivity index (χ1) is 15.4. The smallest absolute Gasteiger partial charge is 0.255 e. The third-order valence-electron chi connectivity index (χ3n) is 5.92. The van der Waals surface area contributed by atoms with Gasteiger partial charge in [0.05, 0.1) is 11.9 Å². The lowest BCUT2D eigenvalue weighted by Crippen LogP contribution is -2.30. The van der Waals surface area contributed by atoms with Gasteiger partial charge in [-0.15, -0.1) is 0 Å². The molecule has 0 atom stereocenters. The summed E-state index contributed by atoms with van der Waals surface area (Å²) in [6, 6.07) is 14.0. The van der Waals surface area contributed by atoms with Gasteiger partial charge in [0, 0.05) is 38.3 Å². The molecule has 3 heterocycles. The number of aromatic nitrogens is 1. The minimum absolute atomic E-state index is 0.0724. The zero-order valence-corrected chi connectivity index (χ0v) is 20.0. The van der Waals surface area contributed by atoms with Crippen LogP contribution in [0, 0.1) is 0 Å². The van der Waals surface area contributed by atoms with E-state index >= 15 is 0 Å². The number of amides is 1. The number of hydrogen-bond donors (Lipinski definition) is 1. The molecule has 1 aliphatic rings. The molecule has 0 saturated carbocycles. The number of rotatable bonds is 5. The number of carbonyl (C=O) groups is 1. The van der Waals surface area contributed by atoms with Gasteiger partial charge in [0.1, 0.15) is 5.82 Å². The summed E-state index contributed by atoms with van der Waals surface area (Å²) in [5.74, 6) is 0.855. The van der Waals surface area contributed by atoms with Gasteiger partial charge >= 0.3 is 0 Å². The van der Waals surface area contributed by atoms with Crippen LogP contribution in [0.15, 0.2) is 59.4 Å². The number of nitrogens with zero attached hydrogens (tertiary/aromatic N) is 3. The SMILES string of the molecule is CC(C)(C)c1ccc(C(=O)Nc2ccc(N3CCCN(Cc4ccsc4)CC3)nc2)cc1. The molecule has 0 bridgehead atoms. The van der Waals surface area contributed by atoms with Crippen molar-refractivity contribution in [2.24, 2.45) is 0 Å². The molecule has 1 aliphatic heterocycles. The predicted octanol–water partition coefficient (Wildman–Crippen LogP) is 5.41. The highest BCUT2D eigenvalue weighted by molar-refractivity contribution is 7.07. The van der Waals surface area contributed by atoms with Crippen molar-refractivity contribution < 1.29 is 4.79 Å². The summed E-state index contributed by atoms with van der Waals surface area (Å²) in [5, 5.41) is 7.34. The van der Waals surface area contributed by atoms with Crippen LogP contribution >= 0.6 is 11.3 Å². The van der Waals surface area contributed by atoms with Gasteiger partial charge in [-0.2, -0.15) is 11.3 Å². The first-order valence-electron chi connectivity index (χ1n) is 11.2. The van der Waals surface area contributed by atoms with Crippen LogP contribution in [-0.2, 0) is 12.0 Å². The summed E-state index contributed by atoms with van der Waals surface area (Å²) in [4.78, 5) is 22.1. The van der Waals surface area contributed by atoms with E-state index in [1.165, 1.54) is 11.1 Å². The fraction of sp³-hybridized carbons (Fsp3) is 0.385. The molecule has 5 nitrogen and oxygen atoms in total. The van der Waals surface area contributed by atoms with Crippen LogP contribution in [0.25, 0.3) is 0 Å². The average Bonchev–Trinajstić information content (AvgIpc) is 3.18. The largest absolute Gasteiger partial charge is 0.355 e. The van der Waals surface area contributed by atoms with Gasteiger partial charge in [-0.05, 0) is 64.1 Å². The molecule has 1 saturated heterocycles. The molecule has 4 rings (SSSR count). The Morgan fingerprint density at radius 3 is 2.50 bits per heavy atom. The van der Waals surface area contributed by atoms with E-state index < -0.39 is 0 Å². The lowest BCUT2D eigenvalue weighted by atomic mass is 9.87. The van der Waals surface area contributed by atoms with Crippen LogP contribution in [0.4, 0.5) is 11.5 Å². The Morgan fingerprint density at radius 1 is 1.03 bits per heavy atom. The Hall–Kier alpha value is -2.70. The molecule has 0 radical (unpaired) electrons. The summed E-state index contributed by atoms with van der Waals surface area (Å²) in [5.41, 5.74) is 4.05. The normalized spacial score (nSPS) is 15.4. The predicted molar refractivity (Wildman–Crippen MR) is 134 cm³/mol. The van der Waals surface area contributed by atoms with Gasteiger partial charge in [-0.1, -0.05) is 32.9 Å². The maximum absolute atomic E-state index is 12.6. The van der Waals surface area contributed by atoms with Gasteiger partial charge in [-0.3, -0.25) is 9.69 Å². The molecule has 0 unspecified atom stereocenters. The van der Waals surface area contributed by atoms with E-state index in [4.69, 9.17) is 0 Å². The van der Waals surface area contributed by atoms with Crippen molar-refractivity contribution in [3.8, 4) is 0 Å². The Kier molecular flexibility index (Phi) is 6.92. The summed E-state index contributed by atoms with van der Waals surface area (Å²) < 4.78 is 0. The second-order valence-electron chi connectivity index (χ2n) is 9.43. The second-order valence-corrected chi connectivity index (χ2v) is 10.2. The topological polar surface area (TPSA) is 48.5 Å². The monoisotopic (exact) mass is 448 g/mol. The third kappa shape index (κ3) is 5.75. The van der Waals surface area contributed by atoms with E-state index in [-0.39, 0.29) is 11.3 Å². The zero-order valence-electron chi connectivity index (χ0n) is 19.2. The first kappa shape index (κ1) is 22.5. The number of anilines is 2. The molecule has 1 N–H and O–H groups in total. The molecule has 3 aromatic rings. The van der Waals surface area contributed by atoms with Crippen molar-refractivity contribution in [1.82, 2.24) is 9.88 Å². The zero-order chi connectivity index (χ0) is 22.6. The maximum atomic E-state index is 12.6. The van der Waals surface area contributed by atoms with Crippen molar-refractivity contribution in [3.63, 3.8) is 0 Å². The molecule has 32 heavy (non-hydrogen) atoms. The van der Waals surface area contributed by atoms with Crippen LogP contribution in [0.1, 0.15) is 48.7 Å². The third-order valence-corrected chi connectivity index (χ3v) is 6.65. The maximum Gasteiger partial charge on any atom is 0.255 e. The van der Waals surface area contributed by atoms with E-state index in [1.54, 1.807) is 17.5 Å². The molecule has 2 aromatic heterocycles. The van der Waals surface area contributed by atoms with Crippen LogP contribution in [0.2, 0.25) is 0 Å². The van der Waals surface area contributed by atoms with Crippen LogP contribution in [0.3, 0.4) is 0 Å². The number of pyridine rings is 1. The van der Waals surface area contributed by atoms with E-state index in [1.807, 2.05) is 36.4 Å². The van der Waals surface area contributed by atoms with Crippen molar-refractivity contribution in [1.29, 1.82) is 0 Å². The second kappa shape index (κ2) is 9.84. The van der Waals surface area contributed by atoms with Gasteiger partial charge in [0.15, 0.2) is 0 Å². The van der Waals surface area contributed by atoms with Crippen molar-refractivity contribution >= 4 is 28.7 Å². The van der Waals surface area contributed by atoms with Crippen molar-refractivity contribution in [3.05, 3.63) is 76.1 Å². The summed E-state index contributed by atoms with van der Waals surface area (Å²) in [6.45, 7) is 11.6. The lowest BCUT2D eigenvalue weighted by Gasteiger charge is -2.22. The minimum atomic E-state index is -0.112. The van der Waals surface area contributed by atoms with E-state index in [0.717, 1.165) is 45.0 Å². The molecule has 168 valence electrons. The molecule has 0 spiro atoms. The van der Waals surface area contributed by atoms with E-state index in [9.17, 15) is 4.79 Å². The Labute approximate surface area is 195 Å². The van der Waals surface area contributed by atoms with Crippen molar-refractivity contribution in [2.45, 2.75) is 39.2 Å². The molecule has 1 amide bonds. The minimum Gasteiger partial charge on any atom is -0.355 e. The highest BCUT2D eigenvalue weighted by atomic mass is 32.1. The molecule has 6 heteroatoms. The van der Waals surface area contributed by atoms with E-state index in [2.05, 4.69) is 57.7 Å². The fourth-order valence-electron chi connectivity index (χ4n) is 3.97. The van der Waals surface area contributed by atoms with E-state index in [0.29, 0.717) is 11.3 Å². The van der Waals surface area contributed by atoms with Crippen LogP contribution in [0.5, 0.6) is 0 Å². The van der Waals surface area contributed by atoms with Gasteiger partial charge in [0.25, 0.3) is 5.91 Å². The highest BCUT2D eigenvalue weighted by Gasteiger charge is 2.17. The quantitative estimate of drug-likeness (QED) is 0.567. The van der Waals surface area contributed by atoms with Gasteiger partial charge in [0.2, 0.25) is 0 Å². The number of thiophene rings is 1. The van der Waals surface area contributed by atoms with Gasteiger partial charge in [-0.25, -0.2) is 4.98 Å². The molecular weight excluding hydrogens is 416 g/mol. The number of carbonyl (C=O) groups excluding carboxylic acids is 1. The molecule has 1 aromatic carbocycles. The van der Waals surface area contributed by atoms with Crippen molar-refractivity contribution in [2.75, 3.05) is 36.4 Å². The highest BCUT2D eigenvalue weighted by Crippen LogP contribution is 2.23. The van der Waals surface area contributed by atoms with Crippen LogP contribution in [-0.4, -0.2) is 42.0 Å². The molecule has 1 fully saturated rings. The summed E-state index contributed by atoms with van der Waals surface area (Å²) >= 11 is 1.76. The summed E-state index contributed by atoms with van der Waals surface area (Å²) in [6.07, 6.45) is 2.87. The average molecular weight is 449 g/mol. The van der Waals surface area contributed by atoms with Crippen LogP contribution < -0.4 is 10.2 Å².